The van der Waals surface area contributed by atoms with Gasteiger partial charge in [0.15, 0.2) is 5.03 Å². The van der Waals surface area contributed by atoms with E-state index in [1.54, 1.807) is 11.6 Å². The topological polar surface area (TPSA) is 84.2 Å². The molecular formula is C9H17N3O3S. The molecule has 0 aromatic carbocycles. The van der Waals surface area contributed by atoms with Gasteiger partial charge in [-0.25, -0.2) is 18.1 Å². The van der Waals surface area contributed by atoms with Crippen LogP contribution < -0.4 is 4.72 Å². The number of aliphatic hydroxyl groups is 1. The van der Waals surface area contributed by atoms with Gasteiger partial charge in [0.05, 0.1) is 12.9 Å². The molecule has 1 atom stereocenters. The smallest absolute Gasteiger partial charge is 0.259 e. The Hall–Kier alpha value is -0.920. The standard InChI is InChI=1S/C9H17N3O3S/c1-7(2)8(5-13)11-16(14,15)9-4-12(3)6-10-9/h4,6-8,11,13H,5H2,1-3H3/t8-/m1/s1. The molecule has 1 aromatic heterocycles. The summed E-state index contributed by atoms with van der Waals surface area (Å²) < 4.78 is 27.6. The van der Waals surface area contributed by atoms with E-state index in [2.05, 4.69) is 9.71 Å². The van der Waals surface area contributed by atoms with Gasteiger partial charge in [-0.15, -0.1) is 0 Å². The quantitative estimate of drug-likeness (QED) is 0.749. The Kier molecular flexibility index (Phi) is 4.06. The van der Waals surface area contributed by atoms with Gasteiger partial charge < -0.3 is 9.67 Å². The summed E-state index contributed by atoms with van der Waals surface area (Å²) in [6.45, 7) is 3.44. The number of nitrogens with one attached hydrogen (secondary N) is 1. The van der Waals surface area contributed by atoms with E-state index < -0.39 is 16.1 Å². The lowest BCUT2D eigenvalue weighted by Crippen LogP contribution is -2.41. The van der Waals surface area contributed by atoms with Gasteiger partial charge in [-0.1, -0.05) is 13.8 Å². The van der Waals surface area contributed by atoms with Crippen molar-refractivity contribution in [1.29, 1.82) is 0 Å². The fraction of sp³-hybridized carbons (Fsp3) is 0.667. The number of hydrogen-bond acceptors (Lipinski definition) is 4. The molecule has 0 aliphatic rings. The Labute approximate surface area is 95.4 Å². The van der Waals surface area contributed by atoms with Crippen LogP contribution in [-0.4, -0.2) is 35.7 Å². The van der Waals surface area contributed by atoms with E-state index in [4.69, 9.17) is 5.11 Å². The van der Waals surface area contributed by atoms with E-state index in [9.17, 15) is 8.42 Å². The molecule has 0 aliphatic carbocycles. The molecule has 0 saturated carbocycles. The first kappa shape index (κ1) is 13.1. The Morgan fingerprint density at radius 2 is 2.19 bits per heavy atom. The number of hydrogen-bond donors (Lipinski definition) is 2. The van der Waals surface area contributed by atoms with Crippen LogP contribution in [0.3, 0.4) is 0 Å². The molecule has 1 heterocycles. The number of rotatable bonds is 5. The molecule has 0 unspecified atom stereocenters. The molecule has 92 valence electrons. The Bertz CT molecular complexity index is 439. The van der Waals surface area contributed by atoms with Gasteiger partial charge in [0.1, 0.15) is 0 Å². The molecule has 2 N–H and O–H groups in total. The van der Waals surface area contributed by atoms with Crippen LogP contribution in [0, 0.1) is 5.92 Å². The summed E-state index contributed by atoms with van der Waals surface area (Å²) in [6.07, 6.45) is 2.83. The first-order valence-electron chi connectivity index (χ1n) is 4.98. The minimum absolute atomic E-state index is 0.0171. The van der Waals surface area contributed by atoms with Crippen molar-refractivity contribution in [2.24, 2.45) is 13.0 Å². The minimum Gasteiger partial charge on any atom is -0.395 e. The number of aliphatic hydroxyl groups excluding tert-OH is 1. The van der Waals surface area contributed by atoms with Crippen LogP contribution in [0.4, 0.5) is 0 Å². The van der Waals surface area contributed by atoms with Crippen LogP contribution in [-0.2, 0) is 17.1 Å². The lowest BCUT2D eigenvalue weighted by atomic mass is 10.1. The maximum atomic E-state index is 11.8. The summed E-state index contributed by atoms with van der Waals surface area (Å²) in [6, 6.07) is -0.494. The van der Waals surface area contributed by atoms with Crippen LogP contribution in [0.25, 0.3) is 0 Å². The molecule has 16 heavy (non-hydrogen) atoms. The Morgan fingerprint density at radius 1 is 1.56 bits per heavy atom. The normalized spacial score (nSPS) is 14.3. The lowest BCUT2D eigenvalue weighted by molar-refractivity contribution is 0.227. The highest BCUT2D eigenvalue weighted by Crippen LogP contribution is 2.08. The first-order valence-corrected chi connectivity index (χ1v) is 6.46. The van der Waals surface area contributed by atoms with Crippen molar-refractivity contribution >= 4 is 10.0 Å². The summed E-state index contributed by atoms with van der Waals surface area (Å²) in [7, 11) is -1.95. The van der Waals surface area contributed by atoms with Crippen molar-refractivity contribution in [1.82, 2.24) is 14.3 Å². The highest BCUT2D eigenvalue weighted by Gasteiger charge is 2.23. The second-order valence-electron chi connectivity index (χ2n) is 4.03. The zero-order chi connectivity index (χ0) is 12.3. The number of nitrogens with zero attached hydrogens (tertiary/aromatic N) is 2. The predicted octanol–water partition coefficient (Wildman–Crippen LogP) is -0.285. The summed E-state index contributed by atoms with van der Waals surface area (Å²) in [5, 5.41) is 9.03. The SMILES string of the molecule is CC(C)[C@@H](CO)NS(=O)(=O)c1cn(C)cn1. The third kappa shape index (κ3) is 3.03. The molecular weight excluding hydrogens is 230 g/mol. The maximum absolute atomic E-state index is 11.8. The van der Waals surface area contributed by atoms with E-state index in [-0.39, 0.29) is 17.6 Å². The zero-order valence-corrected chi connectivity index (χ0v) is 10.4. The third-order valence-corrected chi connectivity index (χ3v) is 3.64. The Morgan fingerprint density at radius 3 is 2.56 bits per heavy atom. The van der Waals surface area contributed by atoms with Crippen molar-refractivity contribution in [3.63, 3.8) is 0 Å². The van der Waals surface area contributed by atoms with E-state index in [0.717, 1.165) is 0 Å². The first-order chi connectivity index (χ1) is 7.36. The van der Waals surface area contributed by atoms with E-state index >= 15 is 0 Å². The van der Waals surface area contributed by atoms with Gasteiger partial charge in [-0.05, 0) is 5.92 Å². The fourth-order valence-corrected chi connectivity index (χ4v) is 2.53. The average Bonchev–Trinajstić information content (AvgIpc) is 2.61. The molecule has 0 amide bonds. The molecule has 0 bridgehead atoms. The lowest BCUT2D eigenvalue weighted by Gasteiger charge is -2.18. The molecule has 6 nitrogen and oxygen atoms in total. The van der Waals surface area contributed by atoms with Crippen molar-refractivity contribution in [3.8, 4) is 0 Å². The summed E-state index contributed by atoms with van der Waals surface area (Å²) in [5.74, 6) is 0.0171. The van der Waals surface area contributed by atoms with Crippen LogP contribution in [0.2, 0.25) is 0 Å². The molecule has 0 spiro atoms. The van der Waals surface area contributed by atoms with Crippen molar-refractivity contribution in [2.75, 3.05) is 6.61 Å². The highest BCUT2D eigenvalue weighted by molar-refractivity contribution is 7.89. The summed E-state index contributed by atoms with van der Waals surface area (Å²) in [5.41, 5.74) is 0. The van der Waals surface area contributed by atoms with E-state index in [0.29, 0.717) is 0 Å². The number of imidazole rings is 1. The van der Waals surface area contributed by atoms with Crippen molar-refractivity contribution < 1.29 is 13.5 Å². The molecule has 1 rings (SSSR count). The molecule has 0 fully saturated rings. The highest BCUT2D eigenvalue weighted by atomic mass is 32.2. The fourth-order valence-electron chi connectivity index (χ4n) is 1.17. The summed E-state index contributed by atoms with van der Waals surface area (Å²) in [4.78, 5) is 3.77. The van der Waals surface area contributed by atoms with Gasteiger partial charge in [0, 0.05) is 19.3 Å². The molecule has 7 heteroatoms. The second kappa shape index (κ2) is 4.94. The minimum atomic E-state index is -3.64. The summed E-state index contributed by atoms with van der Waals surface area (Å²) >= 11 is 0. The number of aromatic nitrogens is 2. The Balaban J connectivity index is 2.87. The van der Waals surface area contributed by atoms with Crippen LogP contribution in [0.15, 0.2) is 17.6 Å². The predicted molar refractivity (Wildman–Crippen MR) is 59.2 cm³/mol. The van der Waals surface area contributed by atoms with Gasteiger partial charge in [0.2, 0.25) is 0 Å². The third-order valence-electron chi connectivity index (χ3n) is 2.26. The van der Waals surface area contributed by atoms with Gasteiger partial charge in [-0.3, -0.25) is 0 Å². The maximum Gasteiger partial charge on any atom is 0.259 e. The second-order valence-corrected chi connectivity index (χ2v) is 5.69. The number of aryl methyl sites for hydroxylation is 1. The van der Waals surface area contributed by atoms with Crippen LogP contribution in [0.1, 0.15) is 13.8 Å². The number of sulfonamides is 1. The molecule has 0 aliphatic heterocycles. The van der Waals surface area contributed by atoms with Gasteiger partial charge in [0.25, 0.3) is 10.0 Å². The van der Waals surface area contributed by atoms with E-state index in [1.165, 1.54) is 12.5 Å². The molecule has 1 aromatic rings. The molecule has 0 saturated heterocycles. The average molecular weight is 247 g/mol. The molecule has 0 radical (unpaired) electrons. The van der Waals surface area contributed by atoms with E-state index in [1.807, 2.05) is 13.8 Å². The van der Waals surface area contributed by atoms with Crippen LogP contribution >= 0.6 is 0 Å². The van der Waals surface area contributed by atoms with Gasteiger partial charge >= 0.3 is 0 Å². The zero-order valence-electron chi connectivity index (χ0n) is 9.58. The largest absolute Gasteiger partial charge is 0.395 e. The van der Waals surface area contributed by atoms with Crippen molar-refractivity contribution in [2.45, 2.75) is 24.9 Å². The van der Waals surface area contributed by atoms with Gasteiger partial charge in [-0.2, -0.15) is 0 Å². The van der Waals surface area contributed by atoms with Crippen molar-refractivity contribution in [3.05, 3.63) is 12.5 Å². The monoisotopic (exact) mass is 247 g/mol. The van der Waals surface area contributed by atoms with Crippen LogP contribution in [0.5, 0.6) is 0 Å².